The van der Waals surface area contributed by atoms with Gasteiger partial charge in [0.25, 0.3) is 0 Å². The fraction of sp³-hybridized carbons (Fsp3) is 0.478. The summed E-state index contributed by atoms with van der Waals surface area (Å²) >= 11 is 0. The molecule has 3 aromatic rings. The molecule has 2 atom stereocenters. The van der Waals surface area contributed by atoms with Crippen LogP contribution in [0.5, 0.6) is 0 Å². The van der Waals surface area contributed by atoms with Crippen molar-refractivity contribution >= 4 is 35.3 Å². The van der Waals surface area contributed by atoms with Gasteiger partial charge in [-0.05, 0) is 25.0 Å². The number of ether oxygens (including phenoxy) is 1. The second-order valence-corrected chi connectivity index (χ2v) is 9.33. The molecule has 3 aromatic heterocycles. The highest BCUT2D eigenvalue weighted by Gasteiger charge is 2.39. The van der Waals surface area contributed by atoms with Gasteiger partial charge in [-0.1, -0.05) is 0 Å². The number of aromatic amines is 1. The number of nitrogens with zero attached hydrogens (tertiary/aromatic N) is 7. The van der Waals surface area contributed by atoms with Gasteiger partial charge in [-0.2, -0.15) is 24.4 Å². The predicted molar refractivity (Wildman–Crippen MR) is 130 cm³/mol. The first-order valence-corrected chi connectivity index (χ1v) is 12.3. The highest BCUT2D eigenvalue weighted by Crippen LogP contribution is 2.39. The smallest absolute Gasteiger partial charge is 0.247 e. The molecule has 6 rings (SSSR count). The van der Waals surface area contributed by atoms with E-state index in [9.17, 15) is 13.6 Å². The molecule has 3 aliphatic rings. The molecule has 0 unspecified atom stereocenters. The van der Waals surface area contributed by atoms with Gasteiger partial charge in [-0.15, -0.1) is 0 Å². The maximum atomic E-state index is 14.6. The number of aromatic nitrogens is 6. The molecular formula is C23H26F2N10O2. The SMILES string of the molecule is O=C(Nc1ccc(F)nc1)[C@@H]1C[C@@H](F)CN1c1nc(Nc2cc(C3CC3)[nH]n2)nc(N2CCOCC2)n1. The van der Waals surface area contributed by atoms with Crippen LogP contribution in [0.15, 0.2) is 24.4 Å². The van der Waals surface area contributed by atoms with Gasteiger partial charge in [0.1, 0.15) is 12.2 Å². The second kappa shape index (κ2) is 9.84. The monoisotopic (exact) mass is 512 g/mol. The van der Waals surface area contributed by atoms with Crippen molar-refractivity contribution in [1.82, 2.24) is 30.1 Å². The minimum atomic E-state index is -1.26. The van der Waals surface area contributed by atoms with Crippen molar-refractivity contribution in [2.24, 2.45) is 0 Å². The lowest BCUT2D eigenvalue weighted by Crippen LogP contribution is -2.42. The number of halogens is 2. The van der Waals surface area contributed by atoms with Crippen molar-refractivity contribution in [3.8, 4) is 0 Å². The Labute approximate surface area is 210 Å². The molecule has 0 bridgehead atoms. The number of pyridine rings is 1. The Hall–Kier alpha value is -3.94. The van der Waals surface area contributed by atoms with Gasteiger partial charge < -0.3 is 25.2 Å². The van der Waals surface area contributed by atoms with E-state index in [1.54, 1.807) is 0 Å². The number of alkyl halides is 1. The summed E-state index contributed by atoms with van der Waals surface area (Å²) < 4.78 is 33.2. The van der Waals surface area contributed by atoms with Crippen LogP contribution < -0.4 is 20.4 Å². The molecule has 1 saturated carbocycles. The zero-order valence-electron chi connectivity index (χ0n) is 19.9. The molecule has 3 N–H and O–H groups in total. The standard InChI is InChI=1S/C23H26F2N10O2/c24-14-9-17(20(36)27-15-3-4-18(25)26-11-15)35(12-14)23-30-21(28-19-10-16(32-33-19)13-1-2-13)29-22(31-23)34-5-7-37-8-6-34/h3-4,10-11,13-14,17H,1-2,5-9,12H2,(H,27,36)(H2,28,29,30,31,32,33)/t14-,17+/m1/s1. The number of carbonyl (C=O) groups is 1. The molecule has 1 aliphatic carbocycles. The molecule has 5 heterocycles. The average Bonchev–Trinajstić information content (AvgIpc) is 3.53. The zero-order valence-corrected chi connectivity index (χ0v) is 19.9. The maximum Gasteiger partial charge on any atom is 0.247 e. The van der Waals surface area contributed by atoms with Crippen molar-refractivity contribution in [2.75, 3.05) is 53.3 Å². The molecule has 3 fully saturated rings. The van der Waals surface area contributed by atoms with Gasteiger partial charge in [0.2, 0.25) is 29.7 Å². The molecule has 194 valence electrons. The quantitative estimate of drug-likeness (QED) is 0.404. The summed E-state index contributed by atoms with van der Waals surface area (Å²) in [7, 11) is 0. The minimum absolute atomic E-state index is 0.0358. The molecule has 0 aromatic carbocycles. The van der Waals surface area contributed by atoms with E-state index in [0.717, 1.165) is 24.6 Å². The van der Waals surface area contributed by atoms with E-state index in [1.165, 1.54) is 17.2 Å². The summed E-state index contributed by atoms with van der Waals surface area (Å²) in [6.07, 6.45) is 2.19. The summed E-state index contributed by atoms with van der Waals surface area (Å²) in [6, 6.07) is 3.59. The molecule has 12 nitrogen and oxygen atoms in total. The summed E-state index contributed by atoms with van der Waals surface area (Å²) in [5, 5.41) is 13.2. The first kappa shape index (κ1) is 23.5. The molecule has 0 radical (unpaired) electrons. The molecule has 0 spiro atoms. The van der Waals surface area contributed by atoms with E-state index >= 15 is 0 Å². The lowest BCUT2D eigenvalue weighted by atomic mass is 10.2. The molecular weight excluding hydrogens is 486 g/mol. The molecule has 14 heteroatoms. The van der Waals surface area contributed by atoms with Crippen LogP contribution in [0.2, 0.25) is 0 Å². The fourth-order valence-corrected chi connectivity index (χ4v) is 4.49. The Morgan fingerprint density at radius 1 is 1.14 bits per heavy atom. The summed E-state index contributed by atoms with van der Waals surface area (Å²) in [5.74, 6) is 0.762. The van der Waals surface area contributed by atoms with Gasteiger partial charge >= 0.3 is 0 Å². The van der Waals surface area contributed by atoms with Gasteiger partial charge in [0.15, 0.2) is 5.82 Å². The van der Waals surface area contributed by atoms with E-state index < -0.39 is 24.1 Å². The fourth-order valence-electron chi connectivity index (χ4n) is 4.49. The second-order valence-electron chi connectivity index (χ2n) is 9.33. The van der Waals surface area contributed by atoms with Crippen LogP contribution in [0.25, 0.3) is 0 Å². The van der Waals surface area contributed by atoms with Crippen LogP contribution in [0.4, 0.5) is 38.1 Å². The third-order valence-electron chi connectivity index (χ3n) is 6.56. The number of hydrogen-bond acceptors (Lipinski definition) is 10. The number of rotatable bonds is 7. The lowest BCUT2D eigenvalue weighted by Gasteiger charge is -2.29. The van der Waals surface area contributed by atoms with E-state index in [0.29, 0.717) is 49.7 Å². The van der Waals surface area contributed by atoms with E-state index in [4.69, 9.17) is 4.74 Å². The summed E-state index contributed by atoms with van der Waals surface area (Å²) in [5.41, 5.74) is 1.36. The Balaban J connectivity index is 1.28. The number of amides is 1. The first-order chi connectivity index (χ1) is 18.0. The van der Waals surface area contributed by atoms with Gasteiger partial charge in [-0.25, -0.2) is 9.37 Å². The number of morpholine rings is 1. The molecule has 2 aliphatic heterocycles. The third-order valence-corrected chi connectivity index (χ3v) is 6.56. The van der Waals surface area contributed by atoms with Crippen LogP contribution in [-0.2, 0) is 9.53 Å². The number of hydrogen-bond donors (Lipinski definition) is 3. The van der Waals surface area contributed by atoms with Crippen molar-refractivity contribution in [3.05, 3.63) is 36.0 Å². The zero-order chi connectivity index (χ0) is 25.4. The van der Waals surface area contributed by atoms with Crippen LogP contribution in [0.1, 0.15) is 30.9 Å². The molecule has 1 amide bonds. The van der Waals surface area contributed by atoms with Crippen LogP contribution >= 0.6 is 0 Å². The van der Waals surface area contributed by atoms with Crippen LogP contribution in [0, 0.1) is 5.95 Å². The topological polar surface area (TPSA) is 137 Å². The van der Waals surface area contributed by atoms with Crippen LogP contribution in [-0.4, -0.2) is 81.1 Å². The lowest BCUT2D eigenvalue weighted by molar-refractivity contribution is -0.117. The summed E-state index contributed by atoms with van der Waals surface area (Å²) in [6.45, 7) is 2.18. The first-order valence-electron chi connectivity index (χ1n) is 12.3. The van der Waals surface area contributed by atoms with Gasteiger partial charge in [0.05, 0.1) is 31.6 Å². The Morgan fingerprint density at radius 2 is 1.95 bits per heavy atom. The number of anilines is 5. The number of H-pyrrole nitrogens is 1. The van der Waals surface area contributed by atoms with Crippen molar-refractivity contribution in [1.29, 1.82) is 0 Å². The largest absolute Gasteiger partial charge is 0.378 e. The minimum Gasteiger partial charge on any atom is -0.378 e. The van der Waals surface area contributed by atoms with Crippen molar-refractivity contribution in [2.45, 2.75) is 37.4 Å². The van der Waals surface area contributed by atoms with Gasteiger partial charge in [-0.3, -0.25) is 9.89 Å². The highest BCUT2D eigenvalue weighted by atomic mass is 19.1. The third kappa shape index (κ3) is 5.28. The van der Waals surface area contributed by atoms with Crippen molar-refractivity contribution in [3.63, 3.8) is 0 Å². The van der Waals surface area contributed by atoms with E-state index in [2.05, 4.69) is 40.8 Å². The Kier molecular flexibility index (Phi) is 6.24. The van der Waals surface area contributed by atoms with E-state index in [1.807, 2.05) is 11.0 Å². The van der Waals surface area contributed by atoms with Crippen molar-refractivity contribution < 1.29 is 18.3 Å². The van der Waals surface area contributed by atoms with Gasteiger partial charge in [0, 0.05) is 37.2 Å². The predicted octanol–water partition coefficient (Wildman–Crippen LogP) is 2.14. The molecule has 37 heavy (non-hydrogen) atoms. The van der Waals surface area contributed by atoms with Crippen LogP contribution in [0.3, 0.4) is 0 Å². The number of carbonyl (C=O) groups excluding carboxylic acids is 1. The highest BCUT2D eigenvalue weighted by molar-refractivity contribution is 5.97. The number of nitrogens with one attached hydrogen (secondary N) is 3. The normalized spacial score (nSPS) is 21.8. The Morgan fingerprint density at radius 3 is 2.70 bits per heavy atom. The average molecular weight is 513 g/mol. The molecule has 2 saturated heterocycles. The Bertz CT molecular complexity index is 1260. The van der Waals surface area contributed by atoms with E-state index in [-0.39, 0.29) is 24.9 Å². The summed E-state index contributed by atoms with van der Waals surface area (Å²) in [4.78, 5) is 33.9. The maximum absolute atomic E-state index is 14.6.